The van der Waals surface area contributed by atoms with Crippen LogP contribution in [0.1, 0.15) is 94.2 Å². The molecule has 0 heterocycles. The molecule has 0 bridgehead atoms. The van der Waals surface area contributed by atoms with Gasteiger partial charge in [0.05, 0.1) is 0 Å². The van der Waals surface area contributed by atoms with E-state index >= 15 is 0 Å². The van der Waals surface area contributed by atoms with E-state index in [0.29, 0.717) is 0 Å². The van der Waals surface area contributed by atoms with Crippen LogP contribution >= 0.6 is 0 Å². The van der Waals surface area contributed by atoms with Crippen LogP contribution in [0.5, 0.6) is 0 Å². The normalized spacial score (nSPS) is 6.37. The Balaban J connectivity index is -0.0000000518. The largest absolute Gasteiger partial charge is 0.399 e. The van der Waals surface area contributed by atoms with Crippen molar-refractivity contribution in [2.24, 2.45) is 17.2 Å². The van der Waals surface area contributed by atoms with Crippen LogP contribution in [-0.4, -0.2) is 21.1 Å². The van der Waals surface area contributed by atoms with Crippen molar-refractivity contribution in [3.8, 4) is 0 Å². The van der Waals surface area contributed by atoms with Crippen molar-refractivity contribution in [2.75, 3.05) is 26.9 Å². The molecule has 0 fully saturated rings. The summed E-state index contributed by atoms with van der Waals surface area (Å²) in [7, 11) is 4.50. The molecule has 4 heteroatoms. The average molecular weight is 535 g/mol. The maximum Gasteiger partial charge on any atom is 0.0313 e. The van der Waals surface area contributed by atoms with Gasteiger partial charge >= 0.3 is 0 Å². The fraction of sp³-hybridized carbons (Fsp3) is 0.471. The van der Waals surface area contributed by atoms with Crippen LogP contribution in [-0.2, 0) is 6.42 Å². The van der Waals surface area contributed by atoms with Crippen molar-refractivity contribution in [3.63, 3.8) is 0 Å². The smallest absolute Gasteiger partial charge is 0.0313 e. The predicted molar refractivity (Wildman–Crippen MR) is 185 cm³/mol. The van der Waals surface area contributed by atoms with Crippen LogP contribution in [0.3, 0.4) is 0 Å². The second kappa shape index (κ2) is 76.5. The SMILES string of the molecule is CC.CC.CC.CC.CC.CC.CN.CN.CN.Nc1ccccc1.c1ccc(Cc2ccccc2)cc1. The van der Waals surface area contributed by atoms with E-state index in [1.165, 1.54) is 32.3 Å². The Morgan fingerprint density at radius 1 is 0.342 bits per heavy atom. The number of anilines is 1. The van der Waals surface area contributed by atoms with E-state index in [-0.39, 0.29) is 0 Å². The lowest BCUT2D eigenvalue weighted by molar-refractivity contribution is 1.19. The lowest BCUT2D eigenvalue weighted by Crippen LogP contribution is -1.85. The molecule has 0 unspecified atom stereocenters. The number of para-hydroxylation sites is 1. The standard InChI is InChI=1S/C13H12.C6H7N.6C2H6.3CH5N/c1-3-7-12(8-4-1)11-13-9-5-2-6-10-13;7-6-4-2-1-3-5-6;9*1-2/h1-10H,11H2;1-5H,7H2;6*1-2H3;3*2H2,1H3. The molecule has 8 N–H and O–H groups in total. The third-order valence-corrected chi connectivity index (χ3v) is 2.89. The van der Waals surface area contributed by atoms with Crippen molar-refractivity contribution >= 4 is 5.69 Å². The summed E-state index contributed by atoms with van der Waals surface area (Å²) in [6.45, 7) is 24.0. The number of nitrogen functional groups attached to an aromatic ring is 1. The number of hydrogen-bond acceptors (Lipinski definition) is 4. The quantitative estimate of drug-likeness (QED) is 0.246. The van der Waals surface area contributed by atoms with Gasteiger partial charge < -0.3 is 22.9 Å². The summed E-state index contributed by atoms with van der Waals surface area (Å²) in [4.78, 5) is 0. The molecule has 0 saturated carbocycles. The zero-order chi connectivity index (χ0) is 32.0. The highest BCUT2D eigenvalue weighted by atomic mass is 14.5. The van der Waals surface area contributed by atoms with Gasteiger partial charge in [-0.2, -0.15) is 0 Å². The summed E-state index contributed by atoms with van der Waals surface area (Å²) in [5.41, 5.74) is 22.4. The minimum Gasteiger partial charge on any atom is -0.399 e. The van der Waals surface area contributed by atoms with Crippen LogP contribution < -0.4 is 22.9 Å². The molecular formula is C34H70N4. The van der Waals surface area contributed by atoms with Crippen molar-refractivity contribution < 1.29 is 0 Å². The zero-order valence-corrected chi connectivity index (χ0v) is 28.2. The first-order valence-electron chi connectivity index (χ1n) is 14.5. The molecular weight excluding hydrogens is 464 g/mol. The van der Waals surface area contributed by atoms with Gasteiger partial charge in [0.15, 0.2) is 0 Å². The second-order valence-corrected chi connectivity index (χ2v) is 4.56. The topological polar surface area (TPSA) is 104 Å². The molecule has 0 aliphatic heterocycles. The molecule has 4 nitrogen and oxygen atoms in total. The minimum absolute atomic E-state index is 0.822. The van der Waals surface area contributed by atoms with Crippen LogP contribution in [0, 0.1) is 0 Å². The molecule has 3 aromatic carbocycles. The Hall–Kier alpha value is -2.66. The van der Waals surface area contributed by atoms with E-state index in [9.17, 15) is 0 Å². The highest BCUT2D eigenvalue weighted by Gasteiger charge is 1.92. The Morgan fingerprint density at radius 2 is 0.526 bits per heavy atom. The molecule has 0 saturated heterocycles. The van der Waals surface area contributed by atoms with Gasteiger partial charge in [0.2, 0.25) is 0 Å². The summed E-state index contributed by atoms with van der Waals surface area (Å²) >= 11 is 0. The predicted octanol–water partition coefficient (Wildman–Crippen LogP) is 9.43. The maximum atomic E-state index is 5.36. The van der Waals surface area contributed by atoms with Gasteiger partial charge in [-0.3, -0.25) is 0 Å². The molecule has 0 atom stereocenters. The highest BCUT2D eigenvalue weighted by molar-refractivity contribution is 5.35. The summed E-state index contributed by atoms with van der Waals surface area (Å²) in [5.74, 6) is 0. The van der Waals surface area contributed by atoms with Crippen LogP contribution in [0.25, 0.3) is 0 Å². The van der Waals surface area contributed by atoms with Crippen molar-refractivity contribution in [1.82, 2.24) is 0 Å². The van der Waals surface area contributed by atoms with E-state index in [4.69, 9.17) is 5.73 Å². The fourth-order valence-corrected chi connectivity index (χ4v) is 1.88. The molecule has 0 amide bonds. The van der Waals surface area contributed by atoms with Crippen molar-refractivity contribution in [3.05, 3.63) is 102 Å². The molecule has 3 aromatic rings. The average Bonchev–Trinajstić information content (AvgIpc) is 3.07. The van der Waals surface area contributed by atoms with E-state index in [1.54, 1.807) is 0 Å². The molecule has 0 spiro atoms. The first-order valence-corrected chi connectivity index (χ1v) is 14.5. The summed E-state index contributed by atoms with van der Waals surface area (Å²) in [6.07, 6.45) is 1.03. The summed E-state index contributed by atoms with van der Waals surface area (Å²) < 4.78 is 0. The lowest BCUT2D eigenvalue weighted by Gasteiger charge is -2.00. The van der Waals surface area contributed by atoms with E-state index < -0.39 is 0 Å². The van der Waals surface area contributed by atoms with Crippen LogP contribution in [0.4, 0.5) is 5.69 Å². The molecule has 226 valence electrons. The van der Waals surface area contributed by atoms with E-state index in [1.807, 2.05) is 113 Å². The van der Waals surface area contributed by atoms with Gasteiger partial charge in [0.1, 0.15) is 0 Å². The zero-order valence-electron chi connectivity index (χ0n) is 28.2. The molecule has 3 rings (SSSR count). The molecule has 0 aliphatic carbocycles. The molecule has 0 radical (unpaired) electrons. The summed E-state index contributed by atoms with van der Waals surface area (Å²) in [5, 5.41) is 0. The monoisotopic (exact) mass is 535 g/mol. The Morgan fingerprint density at radius 3 is 0.684 bits per heavy atom. The van der Waals surface area contributed by atoms with Gasteiger partial charge in [-0.05, 0) is 50.8 Å². The van der Waals surface area contributed by atoms with Crippen molar-refractivity contribution in [2.45, 2.75) is 89.5 Å². The van der Waals surface area contributed by atoms with E-state index in [0.717, 1.165) is 12.1 Å². The minimum atomic E-state index is 0.822. The van der Waals surface area contributed by atoms with Crippen molar-refractivity contribution in [1.29, 1.82) is 0 Å². The van der Waals surface area contributed by atoms with Gasteiger partial charge in [-0.1, -0.05) is 162 Å². The highest BCUT2D eigenvalue weighted by Crippen LogP contribution is 2.07. The number of rotatable bonds is 2. The van der Waals surface area contributed by atoms with Gasteiger partial charge in [-0.25, -0.2) is 0 Å². The third kappa shape index (κ3) is 54.3. The maximum absolute atomic E-state index is 5.36. The van der Waals surface area contributed by atoms with E-state index in [2.05, 4.69) is 77.9 Å². The first kappa shape index (κ1) is 55.8. The van der Waals surface area contributed by atoms with Crippen LogP contribution in [0.15, 0.2) is 91.0 Å². The molecule has 0 aliphatic rings. The Labute approximate surface area is 241 Å². The Bertz CT molecular complexity index is 564. The molecule has 38 heavy (non-hydrogen) atoms. The van der Waals surface area contributed by atoms with Crippen LogP contribution in [0.2, 0.25) is 0 Å². The molecule has 0 aromatic heterocycles. The number of nitrogens with two attached hydrogens (primary N) is 4. The van der Waals surface area contributed by atoms with Gasteiger partial charge in [0, 0.05) is 5.69 Å². The first-order chi connectivity index (χ1) is 18.8. The fourth-order valence-electron chi connectivity index (χ4n) is 1.88. The lowest BCUT2D eigenvalue weighted by atomic mass is 10.1. The number of hydrogen-bond donors (Lipinski definition) is 4. The third-order valence-electron chi connectivity index (χ3n) is 2.89. The Kier molecular flexibility index (Phi) is 112. The van der Waals surface area contributed by atoms with Gasteiger partial charge in [-0.15, -0.1) is 0 Å². The second-order valence-electron chi connectivity index (χ2n) is 4.56. The number of benzene rings is 3. The summed E-state index contributed by atoms with van der Waals surface area (Å²) in [6, 6.07) is 30.6. The van der Waals surface area contributed by atoms with Gasteiger partial charge in [0.25, 0.3) is 0 Å².